The van der Waals surface area contributed by atoms with Crippen molar-refractivity contribution < 1.29 is 4.74 Å². The summed E-state index contributed by atoms with van der Waals surface area (Å²) >= 11 is 6.58. The molecule has 1 nitrogen and oxygen atoms in total. The van der Waals surface area contributed by atoms with Gasteiger partial charge in [0.15, 0.2) is 4.51 Å². The molecule has 1 fully saturated rings. The third kappa shape index (κ3) is 0.950. The number of alkyl halides is 2. The average molecular weight is 216 g/mol. The van der Waals surface area contributed by atoms with Crippen LogP contribution in [0.3, 0.4) is 0 Å². The van der Waals surface area contributed by atoms with E-state index in [1.165, 1.54) is 0 Å². The van der Waals surface area contributed by atoms with Crippen LogP contribution in [-0.4, -0.2) is 16.4 Å². The van der Waals surface area contributed by atoms with E-state index in [9.17, 15) is 0 Å². The second kappa shape index (κ2) is 1.46. The van der Waals surface area contributed by atoms with E-state index in [0.29, 0.717) is 0 Å². The Hall–Kier alpha value is 0.920. The van der Waals surface area contributed by atoms with Gasteiger partial charge in [0, 0.05) is 5.33 Å². The lowest BCUT2D eigenvalue weighted by molar-refractivity contribution is 0.411. The Kier molecular flexibility index (Phi) is 1.23. The first-order valence-corrected chi connectivity index (χ1v) is 3.57. The third-order valence-electron chi connectivity index (χ3n) is 0.657. The molecule has 1 aliphatic heterocycles. The maximum atomic E-state index is 4.91. The highest BCUT2D eigenvalue weighted by molar-refractivity contribution is 9.12. The van der Waals surface area contributed by atoms with Crippen LogP contribution in [0.2, 0.25) is 0 Å². The van der Waals surface area contributed by atoms with Gasteiger partial charge in [-0.3, -0.25) is 0 Å². The Morgan fingerprint density at radius 3 is 2.33 bits per heavy atom. The molecule has 0 aromatic heterocycles. The molecule has 1 heterocycles. The molecular formula is C3H4Br2O. The van der Waals surface area contributed by atoms with Crippen LogP contribution in [0.5, 0.6) is 0 Å². The van der Waals surface area contributed by atoms with Crippen molar-refractivity contribution in [2.45, 2.75) is 4.51 Å². The molecular weight excluding hydrogens is 212 g/mol. The fourth-order valence-electron chi connectivity index (χ4n) is 0.155. The number of halogens is 2. The summed E-state index contributed by atoms with van der Waals surface area (Å²) in [7, 11) is 0. The van der Waals surface area contributed by atoms with Crippen LogP contribution in [0.15, 0.2) is 0 Å². The fraction of sp³-hybridized carbons (Fsp3) is 1.00. The van der Waals surface area contributed by atoms with Crippen molar-refractivity contribution in [3.05, 3.63) is 0 Å². The first-order chi connectivity index (χ1) is 2.77. The van der Waals surface area contributed by atoms with Gasteiger partial charge in [-0.1, -0.05) is 31.9 Å². The molecule has 0 N–H and O–H groups in total. The predicted octanol–water partition coefficient (Wildman–Crippen LogP) is 1.50. The second-order valence-electron chi connectivity index (χ2n) is 1.31. The lowest BCUT2D eigenvalue weighted by atomic mass is 10.6. The van der Waals surface area contributed by atoms with Crippen LogP contribution in [0.4, 0.5) is 0 Å². The Morgan fingerprint density at radius 2 is 2.33 bits per heavy atom. The standard InChI is InChI=1S/C3H4Br2O/c4-1-3(5)2-6-3/h1-2H2. The van der Waals surface area contributed by atoms with Crippen molar-refractivity contribution in [3.63, 3.8) is 0 Å². The molecule has 0 amide bonds. The number of rotatable bonds is 1. The number of hydrogen-bond donors (Lipinski definition) is 0. The molecule has 36 valence electrons. The van der Waals surface area contributed by atoms with Gasteiger partial charge in [0.05, 0.1) is 6.61 Å². The van der Waals surface area contributed by atoms with E-state index in [1.807, 2.05) is 0 Å². The molecule has 0 bridgehead atoms. The van der Waals surface area contributed by atoms with Gasteiger partial charge < -0.3 is 4.74 Å². The molecule has 1 atom stereocenters. The van der Waals surface area contributed by atoms with Gasteiger partial charge in [-0.25, -0.2) is 0 Å². The zero-order valence-electron chi connectivity index (χ0n) is 3.08. The maximum absolute atomic E-state index is 4.91. The van der Waals surface area contributed by atoms with Gasteiger partial charge >= 0.3 is 0 Å². The highest BCUT2D eigenvalue weighted by atomic mass is 79.9. The van der Waals surface area contributed by atoms with Crippen LogP contribution in [0, 0.1) is 0 Å². The Labute approximate surface area is 53.3 Å². The molecule has 0 radical (unpaired) electrons. The van der Waals surface area contributed by atoms with Crippen molar-refractivity contribution in [2.75, 3.05) is 11.9 Å². The van der Waals surface area contributed by atoms with E-state index in [1.54, 1.807) is 0 Å². The smallest absolute Gasteiger partial charge is 0.155 e. The Balaban J connectivity index is 2.28. The molecule has 0 aromatic rings. The van der Waals surface area contributed by atoms with Gasteiger partial charge in [-0.05, 0) is 0 Å². The van der Waals surface area contributed by atoms with Crippen LogP contribution < -0.4 is 0 Å². The van der Waals surface area contributed by atoms with E-state index in [2.05, 4.69) is 31.9 Å². The van der Waals surface area contributed by atoms with Crippen molar-refractivity contribution in [2.24, 2.45) is 0 Å². The van der Waals surface area contributed by atoms with Crippen LogP contribution in [0.1, 0.15) is 0 Å². The summed E-state index contributed by atoms with van der Waals surface area (Å²) in [5.41, 5.74) is 0. The summed E-state index contributed by atoms with van der Waals surface area (Å²) in [4.78, 5) is 0. The molecule has 3 heteroatoms. The summed E-state index contributed by atoms with van der Waals surface area (Å²) in [5, 5.41) is 0.889. The largest absolute Gasteiger partial charge is 0.356 e. The highest BCUT2D eigenvalue weighted by Crippen LogP contribution is 2.35. The summed E-state index contributed by atoms with van der Waals surface area (Å²) in [5.74, 6) is 0. The summed E-state index contributed by atoms with van der Waals surface area (Å²) in [6, 6.07) is 0. The molecule has 6 heavy (non-hydrogen) atoms. The first-order valence-electron chi connectivity index (χ1n) is 1.66. The summed E-state index contributed by atoms with van der Waals surface area (Å²) in [6.45, 7) is 0.845. The van der Waals surface area contributed by atoms with Crippen LogP contribution >= 0.6 is 31.9 Å². The molecule has 1 aliphatic rings. The Bertz CT molecular complexity index is 59.8. The van der Waals surface area contributed by atoms with Crippen LogP contribution in [-0.2, 0) is 4.74 Å². The number of epoxide rings is 1. The van der Waals surface area contributed by atoms with Gasteiger partial charge in [0.25, 0.3) is 0 Å². The molecule has 0 saturated carbocycles. The first kappa shape index (κ1) is 5.06. The zero-order chi connectivity index (χ0) is 4.62. The van der Waals surface area contributed by atoms with E-state index in [4.69, 9.17) is 4.74 Å². The van der Waals surface area contributed by atoms with Gasteiger partial charge in [0.1, 0.15) is 0 Å². The van der Waals surface area contributed by atoms with E-state index in [0.717, 1.165) is 11.9 Å². The SMILES string of the molecule is BrCC1(Br)CO1. The monoisotopic (exact) mass is 214 g/mol. The normalized spacial score (nSPS) is 43.0. The maximum Gasteiger partial charge on any atom is 0.155 e. The molecule has 1 rings (SSSR count). The van der Waals surface area contributed by atoms with E-state index < -0.39 is 0 Å². The quantitative estimate of drug-likeness (QED) is 0.477. The highest BCUT2D eigenvalue weighted by Gasteiger charge is 2.40. The molecule has 0 spiro atoms. The lowest BCUT2D eigenvalue weighted by Crippen LogP contribution is -1.97. The fourth-order valence-corrected chi connectivity index (χ4v) is 0.594. The minimum Gasteiger partial charge on any atom is -0.356 e. The van der Waals surface area contributed by atoms with Crippen molar-refractivity contribution in [1.29, 1.82) is 0 Å². The van der Waals surface area contributed by atoms with Crippen molar-refractivity contribution in [1.82, 2.24) is 0 Å². The number of ether oxygens (including phenoxy) is 1. The van der Waals surface area contributed by atoms with Gasteiger partial charge in [0.2, 0.25) is 0 Å². The van der Waals surface area contributed by atoms with Crippen LogP contribution in [0.25, 0.3) is 0 Å². The molecule has 0 aromatic carbocycles. The van der Waals surface area contributed by atoms with E-state index >= 15 is 0 Å². The van der Waals surface area contributed by atoms with Crippen molar-refractivity contribution >= 4 is 31.9 Å². The van der Waals surface area contributed by atoms with Crippen molar-refractivity contribution in [3.8, 4) is 0 Å². The third-order valence-corrected chi connectivity index (χ3v) is 3.05. The summed E-state index contributed by atoms with van der Waals surface area (Å²) in [6.07, 6.45) is 0. The minimum atomic E-state index is 0.0208. The van der Waals surface area contributed by atoms with E-state index in [-0.39, 0.29) is 4.51 Å². The topological polar surface area (TPSA) is 12.5 Å². The lowest BCUT2D eigenvalue weighted by Gasteiger charge is -1.87. The predicted molar refractivity (Wildman–Crippen MR) is 31.4 cm³/mol. The molecule has 1 unspecified atom stereocenters. The average Bonchev–Trinajstić information content (AvgIpc) is 2.22. The minimum absolute atomic E-state index is 0.0208. The second-order valence-corrected chi connectivity index (χ2v) is 3.31. The molecule has 0 aliphatic carbocycles. The summed E-state index contributed by atoms with van der Waals surface area (Å²) < 4.78 is 4.94. The number of hydrogen-bond acceptors (Lipinski definition) is 1. The Morgan fingerprint density at radius 1 is 1.83 bits per heavy atom. The van der Waals surface area contributed by atoms with Gasteiger partial charge in [-0.2, -0.15) is 0 Å². The molecule has 1 saturated heterocycles. The van der Waals surface area contributed by atoms with Gasteiger partial charge in [-0.15, -0.1) is 0 Å². The zero-order valence-corrected chi connectivity index (χ0v) is 6.25.